The van der Waals surface area contributed by atoms with Gasteiger partial charge in [-0.1, -0.05) is 24.3 Å². The number of nitrogens with one attached hydrogen (secondary N) is 2. The zero-order valence-corrected chi connectivity index (χ0v) is 14.2. The predicted molar refractivity (Wildman–Crippen MR) is 94.2 cm³/mol. The van der Waals surface area contributed by atoms with Gasteiger partial charge in [0.2, 0.25) is 0 Å². The van der Waals surface area contributed by atoms with E-state index in [0.717, 1.165) is 16.7 Å². The van der Waals surface area contributed by atoms with Crippen molar-refractivity contribution in [3.63, 3.8) is 0 Å². The summed E-state index contributed by atoms with van der Waals surface area (Å²) in [5.74, 6) is -1.68. The highest BCUT2D eigenvalue weighted by molar-refractivity contribution is 6.39. The maximum atomic E-state index is 12.1. The number of non-ortho nitro benzene ring substituents is 1. The van der Waals surface area contributed by atoms with Gasteiger partial charge in [0.25, 0.3) is 5.69 Å². The highest BCUT2D eigenvalue weighted by atomic mass is 16.6. The lowest BCUT2D eigenvalue weighted by molar-refractivity contribution is -0.384. The largest absolute Gasteiger partial charge is 0.341 e. The molecule has 7 heteroatoms. The third-order valence-electron chi connectivity index (χ3n) is 3.98. The Morgan fingerprint density at radius 1 is 1.08 bits per heavy atom. The number of benzene rings is 2. The van der Waals surface area contributed by atoms with E-state index in [1.807, 2.05) is 32.0 Å². The van der Waals surface area contributed by atoms with Crippen LogP contribution in [0, 0.1) is 24.0 Å². The topological polar surface area (TPSA) is 101 Å². The Bertz CT molecular complexity index is 833. The maximum Gasteiger partial charge on any atom is 0.313 e. The number of hydrogen-bond donors (Lipinski definition) is 2. The van der Waals surface area contributed by atoms with Crippen molar-refractivity contribution < 1.29 is 14.5 Å². The van der Waals surface area contributed by atoms with Gasteiger partial charge in [0.15, 0.2) is 0 Å². The molecule has 2 amide bonds. The summed E-state index contributed by atoms with van der Waals surface area (Å²) in [4.78, 5) is 34.3. The molecule has 0 unspecified atom stereocenters. The average Bonchev–Trinajstić information content (AvgIpc) is 2.57. The number of amides is 2. The quantitative estimate of drug-likeness (QED) is 0.507. The predicted octanol–water partition coefficient (Wildman–Crippen LogP) is 3.03. The number of hydrogen-bond acceptors (Lipinski definition) is 4. The number of nitrogens with zero attached hydrogens (tertiary/aromatic N) is 1. The average molecular weight is 341 g/mol. The van der Waals surface area contributed by atoms with Crippen LogP contribution in [-0.4, -0.2) is 16.7 Å². The molecule has 2 aromatic rings. The van der Waals surface area contributed by atoms with E-state index in [0.29, 0.717) is 0 Å². The Kier molecular flexibility index (Phi) is 5.49. The molecule has 25 heavy (non-hydrogen) atoms. The third kappa shape index (κ3) is 4.41. The minimum Gasteiger partial charge on any atom is -0.341 e. The van der Waals surface area contributed by atoms with Crippen molar-refractivity contribution in [2.24, 2.45) is 0 Å². The summed E-state index contributed by atoms with van der Waals surface area (Å²) in [6.45, 7) is 5.72. The second-order valence-corrected chi connectivity index (χ2v) is 5.75. The van der Waals surface area contributed by atoms with E-state index >= 15 is 0 Å². The zero-order valence-electron chi connectivity index (χ0n) is 14.2. The Morgan fingerprint density at radius 3 is 2.44 bits per heavy atom. The standard InChI is InChI=1S/C18H19N3O4/c1-11-6-4-9-16(12(11)2)13(3)19-17(22)18(23)20-14-7-5-8-15(10-14)21(24)25/h4-10,13H,1-3H3,(H,19,22)(H,20,23)/t13-/m1/s1. The van der Waals surface area contributed by atoms with Gasteiger partial charge in [-0.15, -0.1) is 0 Å². The fraction of sp³-hybridized carbons (Fsp3) is 0.222. The number of nitro groups is 1. The minimum absolute atomic E-state index is 0.165. The Morgan fingerprint density at radius 2 is 1.76 bits per heavy atom. The molecule has 2 N–H and O–H groups in total. The molecule has 1 atom stereocenters. The lowest BCUT2D eigenvalue weighted by Crippen LogP contribution is -2.37. The molecular formula is C18H19N3O4. The number of nitro benzene ring substituents is 1. The van der Waals surface area contributed by atoms with Crippen LogP contribution in [-0.2, 0) is 9.59 Å². The molecule has 0 aliphatic heterocycles. The third-order valence-corrected chi connectivity index (χ3v) is 3.98. The van der Waals surface area contributed by atoms with Crippen LogP contribution in [0.3, 0.4) is 0 Å². The number of carbonyl (C=O) groups is 2. The molecule has 0 bridgehead atoms. The van der Waals surface area contributed by atoms with Crippen LogP contribution in [0.1, 0.15) is 29.7 Å². The number of anilines is 1. The first-order valence-electron chi connectivity index (χ1n) is 7.72. The van der Waals surface area contributed by atoms with Crippen molar-refractivity contribution in [3.8, 4) is 0 Å². The number of carbonyl (C=O) groups excluding carboxylic acids is 2. The molecule has 2 rings (SSSR count). The van der Waals surface area contributed by atoms with Gasteiger partial charge in [0.1, 0.15) is 0 Å². The second-order valence-electron chi connectivity index (χ2n) is 5.75. The van der Waals surface area contributed by atoms with Crippen molar-refractivity contribution in [2.75, 3.05) is 5.32 Å². The van der Waals surface area contributed by atoms with Gasteiger partial charge in [-0.2, -0.15) is 0 Å². The van der Waals surface area contributed by atoms with Gasteiger partial charge in [0.05, 0.1) is 11.0 Å². The van der Waals surface area contributed by atoms with Crippen LogP contribution in [0.2, 0.25) is 0 Å². The molecule has 0 fully saturated rings. The highest BCUT2D eigenvalue weighted by Gasteiger charge is 2.19. The molecule has 2 aromatic carbocycles. The van der Waals surface area contributed by atoms with Crippen LogP contribution in [0.25, 0.3) is 0 Å². The molecule has 0 aromatic heterocycles. The first-order chi connectivity index (χ1) is 11.8. The van der Waals surface area contributed by atoms with Gasteiger partial charge in [-0.25, -0.2) is 0 Å². The van der Waals surface area contributed by atoms with Crippen LogP contribution in [0.15, 0.2) is 42.5 Å². The van der Waals surface area contributed by atoms with E-state index in [1.54, 1.807) is 6.92 Å². The van der Waals surface area contributed by atoms with E-state index in [1.165, 1.54) is 24.3 Å². The van der Waals surface area contributed by atoms with Gasteiger partial charge in [0, 0.05) is 17.8 Å². The monoisotopic (exact) mass is 341 g/mol. The van der Waals surface area contributed by atoms with Crippen LogP contribution in [0.5, 0.6) is 0 Å². The lowest BCUT2D eigenvalue weighted by Gasteiger charge is -2.17. The molecule has 0 heterocycles. The summed E-state index contributed by atoms with van der Waals surface area (Å²) in [7, 11) is 0. The van der Waals surface area contributed by atoms with Crippen LogP contribution < -0.4 is 10.6 Å². The molecule has 0 spiro atoms. The molecule has 0 saturated carbocycles. The fourth-order valence-corrected chi connectivity index (χ4v) is 2.47. The summed E-state index contributed by atoms with van der Waals surface area (Å²) in [6, 6.07) is 10.8. The van der Waals surface area contributed by atoms with Gasteiger partial charge in [-0.3, -0.25) is 19.7 Å². The summed E-state index contributed by atoms with van der Waals surface area (Å²) in [5.41, 5.74) is 3.10. The summed E-state index contributed by atoms with van der Waals surface area (Å²) >= 11 is 0. The van der Waals surface area contributed by atoms with Crippen molar-refractivity contribution in [2.45, 2.75) is 26.8 Å². The fourth-order valence-electron chi connectivity index (χ4n) is 2.47. The maximum absolute atomic E-state index is 12.1. The Labute approximate surface area is 145 Å². The lowest BCUT2D eigenvalue weighted by atomic mass is 9.98. The van der Waals surface area contributed by atoms with Crippen molar-refractivity contribution in [1.29, 1.82) is 0 Å². The molecule has 7 nitrogen and oxygen atoms in total. The van der Waals surface area contributed by atoms with E-state index < -0.39 is 16.7 Å². The van der Waals surface area contributed by atoms with Gasteiger partial charge < -0.3 is 10.6 Å². The minimum atomic E-state index is -0.877. The molecule has 130 valence electrons. The van der Waals surface area contributed by atoms with E-state index in [9.17, 15) is 19.7 Å². The number of aryl methyl sites for hydroxylation is 1. The summed E-state index contributed by atoms with van der Waals surface area (Å²) in [6.07, 6.45) is 0. The van der Waals surface area contributed by atoms with Crippen molar-refractivity contribution >= 4 is 23.2 Å². The summed E-state index contributed by atoms with van der Waals surface area (Å²) < 4.78 is 0. The molecule has 0 saturated heterocycles. The first-order valence-corrected chi connectivity index (χ1v) is 7.72. The molecule has 0 aliphatic carbocycles. The van der Waals surface area contributed by atoms with Gasteiger partial charge in [-0.05, 0) is 43.5 Å². The zero-order chi connectivity index (χ0) is 18.6. The van der Waals surface area contributed by atoms with Crippen molar-refractivity contribution in [1.82, 2.24) is 5.32 Å². The van der Waals surface area contributed by atoms with E-state index in [-0.39, 0.29) is 17.4 Å². The van der Waals surface area contributed by atoms with Crippen molar-refractivity contribution in [3.05, 3.63) is 69.3 Å². The SMILES string of the molecule is Cc1cccc([C@@H](C)NC(=O)C(=O)Nc2cccc([N+](=O)[O-])c2)c1C. The van der Waals surface area contributed by atoms with Gasteiger partial charge >= 0.3 is 11.8 Å². The molecule has 0 aliphatic rings. The Hall–Kier alpha value is -3.22. The van der Waals surface area contributed by atoms with Crippen LogP contribution in [0.4, 0.5) is 11.4 Å². The smallest absolute Gasteiger partial charge is 0.313 e. The number of rotatable bonds is 4. The van der Waals surface area contributed by atoms with E-state index in [4.69, 9.17) is 0 Å². The normalized spacial score (nSPS) is 11.5. The first kappa shape index (κ1) is 18.1. The Balaban J connectivity index is 2.05. The van der Waals surface area contributed by atoms with Crippen LogP contribution >= 0.6 is 0 Å². The molecule has 0 radical (unpaired) electrons. The second kappa shape index (κ2) is 7.57. The molecular weight excluding hydrogens is 322 g/mol. The van der Waals surface area contributed by atoms with E-state index in [2.05, 4.69) is 10.6 Å². The summed E-state index contributed by atoms with van der Waals surface area (Å²) in [5, 5.41) is 15.7. The highest BCUT2D eigenvalue weighted by Crippen LogP contribution is 2.20.